The van der Waals surface area contributed by atoms with E-state index in [9.17, 15) is 9.59 Å². The zero-order valence-corrected chi connectivity index (χ0v) is 13.1. The smallest absolute Gasteiger partial charge is 0.322 e. The average molecular weight is 292 g/mol. The lowest BCUT2D eigenvalue weighted by Crippen LogP contribution is -2.46. The van der Waals surface area contributed by atoms with E-state index in [1.54, 1.807) is 0 Å². The van der Waals surface area contributed by atoms with Crippen molar-refractivity contribution in [1.82, 2.24) is 5.32 Å². The van der Waals surface area contributed by atoms with Gasteiger partial charge in [-0.1, -0.05) is 31.5 Å². The molecule has 0 aliphatic carbocycles. The Morgan fingerprint density at radius 3 is 2.24 bits per heavy atom. The molecule has 5 nitrogen and oxygen atoms in total. The minimum atomic E-state index is -0.920. The lowest BCUT2D eigenvalue weighted by molar-refractivity contribution is -0.136. The number of hydrogen-bond donors (Lipinski definition) is 2. The van der Waals surface area contributed by atoms with E-state index in [0.717, 1.165) is 5.56 Å². The lowest BCUT2D eigenvalue weighted by atomic mass is 10.1. The van der Waals surface area contributed by atoms with Crippen LogP contribution in [0.15, 0.2) is 24.3 Å². The van der Waals surface area contributed by atoms with Gasteiger partial charge in [-0.25, -0.2) is 4.79 Å². The van der Waals surface area contributed by atoms with Crippen molar-refractivity contribution in [2.24, 2.45) is 5.92 Å². The Kier molecular flexibility index (Phi) is 6.21. The number of urea groups is 1. The summed E-state index contributed by atoms with van der Waals surface area (Å²) in [5.74, 6) is -0.606. The molecule has 1 aromatic carbocycles. The van der Waals surface area contributed by atoms with Crippen LogP contribution in [0.4, 0.5) is 10.5 Å². The SMILES string of the molecule is Cc1ccc(N(CCC(=O)O)C(=O)NC(C)C(C)C)cc1. The molecule has 0 radical (unpaired) electrons. The Labute approximate surface area is 126 Å². The van der Waals surface area contributed by atoms with E-state index < -0.39 is 5.97 Å². The second-order valence-electron chi connectivity index (χ2n) is 5.61. The van der Waals surface area contributed by atoms with Gasteiger partial charge in [-0.2, -0.15) is 0 Å². The van der Waals surface area contributed by atoms with Crippen LogP contribution >= 0.6 is 0 Å². The number of carbonyl (C=O) groups excluding carboxylic acids is 1. The summed E-state index contributed by atoms with van der Waals surface area (Å²) in [6.45, 7) is 8.10. The van der Waals surface area contributed by atoms with Crippen molar-refractivity contribution in [3.63, 3.8) is 0 Å². The molecule has 0 aromatic heterocycles. The number of aryl methyl sites for hydroxylation is 1. The second kappa shape index (κ2) is 7.67. The zero-order chi connectivity index (χ0) is 16.0. The maximum atomic E-state index is 12.4. The molecule has 1 atom stereocenters. The van der Waals surface area contributed by atoms with Gasteiger partial charge in [-0.15, -0.1) is 0 Å². The molecule has 0 saturated carbocycles. The summed E-state index contributed by atoms with van der Waals surface area (Å²) >= 11 is 0. The lowest BCUT2D eigenvalue weighted by Gasteiger charge is -2.26. The first-order valence-electron chi connectivity index (χ1n) is 7.17. The van der Waals surface area contributed by atoms with Gasteiger partial charge in [-0.3, -0.25) is 9.69 Å². The highest BCUT2D eigenvalue weighted by molar-refractivity contribution is 5.92. The molecule has 1 rings (SSSR count). The Morgan fingerprint density at radius 1 is 1.19 bits per heavy atom. The number of anilines is 1. The van der Waals surface area contributed by atoms with Crippen LogP contribution < -0.4 is 10.2 Å². The molecule has 0 bridgehead atoms. The first-order chi connectivity index (χ1) is 9.81. The number of aliphatic carboxylic acids is 1. The predicted octanol–water partition coefficient (Wildman–Crippen LogP) is 3.03. The quantitative estimate of drug-likeness (QED) is 0.846. The third-order valence-corrected chi connectivity index (χ3v) is 3.49. The van der Waals surface area contributed by atoms with E-state index in [2.05, 4.69) is 5.32 Å². The Bertz CT molecular complexity index is 483. The van der Waals surface area contributed by atoms with Gasteiger partial charge in [0.2, 0.25) is 0 Å². The fourth-order valence-electron chi connectivity index (χ4n) is 1.72. The number of hydrogen-bond acceptors (Lipinski definition) is 2. The molecule has 0 aliphatic heterocycles. The van der Waals surface area contributed by atoms with Gasteiger partial charge < -0.3 is 10.4 Å². The van der Waals surface area contributed by atoms with Crippen LogP contribution in [-0.2, 0) is 4.79 Å². The van der Waals surface area contributed by atoms with Crippen LogP contribution in [0.25, 0.3) is 0 Å². The molecule has 21 heavy (non-hydrogen) atoms. The summed E-state index contributed by atoms with van der Waals surface area (Å²) in [5, 5.41) is 11.8. The number of carbonyl (C=O) groups is 2. The van der Waals surface area contributed by atoms with Crippen LogP contribution in [0.1, 0.15) is 32.8 Å². The Balaban J connectivity index is 2.88. The Morgan fingerprint density at radius 2 is 1.76 bits per heavy atom. The summed E-state index contributed by atoms with van der Waals surface area (Å²) < 4.78 is 0. The molecule has 2 N–H and O–H groups in total. The molecule has 5 heteroatoms. The van der Waals surface area contributed by atoms with Crippen LogP contribution in [0.5, 0.6) is 0 Å². The number of benzene rings is 1. The largest absolute Gasteiger partial charge is 0.481 e. The maximum absolute atomic E-state index is 12.4. The highest BCUT2D eigenvalue weighted by Gasteiger charge is 2.19. The molecule has 0 spiro atoms. The molecule has 0 aliphatic rings. The minimum absolute atomic E-state index is 0.0234. The Hall–Kier alpha value is -2.04. The van der Waals surface area contributed by atoms with E-state index >= 15 is 0 Å². The van der Waals surface area contributed by atoms with E-state index in [4.69, 9.17) is 5.11 Å². The molecule has 0 fully saturated rings. The minimum Gasteiger partial charge on any atom is -0.481 e. The monoisotopic (exact) mass is 292 g/mol. The zero-order valence-electron chi connectivity index (χ0n) is 13.1. The predicted molar refractivity (Wildman–Crippen MR) is 83.6 cm³/mol. The van der Waals surface area contributed by atoms with Gasteiger partial charge >= 0.3 is 12.0 Å². The molecule has 1 aromatic rings. The highest BCUT2D eigenvalue weighted by Crippen LogP contribution is 2.16. The van der Waals surface area contributed by atoms with Gasteiger partial charge in [0.25, 0.3) is 0 Å². The van der Waals surface area contributed by atoms with E-state index in [1.165, 1.54) is 4.90 Å². The number of nitrogens with one attached hydrogen (secondary N) is 1. The van der Waals surface area contributed by atoms with Gasteiger partial charge in [0.1, 0.15) is 0 Å². The van der Waals surface area contributed by atoms with E-state index in [-0.39, 0.29) is 25.0 Å². The van der Waals surface area contributed by atoms with Crippen LogP contribution in [0, 0.1) is 12.8 Å². The van der Waals surface area contributed by atoms with E-state index in [0.29, 0.717) is 11.6 Å². The van der Waals surface area contributed by atoms with Crippen LogP contribution in [-0.4, -0.2) is 29.7 Å². The first kappa shape index (κ1) is 17.0. The van der Waals surface area contributed by atoms with Crippen molar-refractivity contribution in [2.45, 2.75) is 40.2 Å². The van der Waals surface area contributed by atoms with Gasteiger partial charge in [0, 0.05) is 18.3 Å². The van der Waals surface area contributed by atoms with Crippen molar-refractivity contribution in [3.05, 3.63) is 29.8 Å². The van der Waals surface area contributed by atoms with Crippen molar-refractivity contribution in [2.75, 3.05) is 11.4 Å². The summed E-state index contributed by atoms with van der Waals surface area (Å²) in [5.41, 5.74) is 1.79. The molecule has 0 heterocycles. The molecule has 1 unspecified atom stereocenters. The average Bonchev–Trinajstić information content (AvgIpc) is 2.40. The summed E-state index contributed by atoms with van der Waals surface area (Å²) in [4.78, 5) is 24.6. The van der Waals surface area contributed by atoms with Gasteiger partial charge in [-0.05, 0) is 31.9 Å². The number of amides is 2. The fraction of sp³-hybridized carbons (Fsp3) is 0.500. The summed E-state index contributed by atoms with van der Waals surface area (Å²) in [7, 11) is 0. The third-order valence-electron chi connectivity index (χ3n) is 3.49. The van der Waals surface area contributed by atoms with E-state index in [1.807, 2.05) is 52.0 Å². The summed E-state index contributed by atoms with van der Waals surface area (Å²) in [6.07, 6.45) is -0.0860. The molecule has 0 saturated heterocycles. The van der Waals surface area contributed by atoms with Crippen molar-refractivity contribution < 1.29 is 14.7 Å². The van der Waals surface area contributed by atoms with Crippen LogP contribution in [0.2, 0.25) is 0 Å². The third kappa shape index (κ3) is 5.45. The molecule has 116 valence electrons. The first-order valence-corrected chi connectivity index (χ1v) is 7.17. The second-order valence-corrected chi connectivity index (χ2v) is 5.61. The maximum Gasteiger partial charge on any atom is 0.322 e. The molecular weight excluding hydrogens is 268 g/mol. The van der Waals surface area contributed by atoms with Crippen molar-refractivity contribution >= 4 is 17.7 Å². The van der Waals surface area contributed by atoms with Crippen molar-refractivity contribution in [1.29, 1.82) is 0 Å². The van der Waals surface area contributed by atoms with Gasteiger partial charge in [0.15, 0.2) is 0 Å². The highest BCUT2D eigenvalue weighted by atomic mass is 16.4. The fourth-order valence-corrected chi connectivity index (χ4v) is 1.72. The summed E-state index contributed by atoms with van der Waals surface area (Å²) in [6, 6.07) is 7.23. The number of carboxylic acids is 1. The standard InChI is InChI=1S/C16H24N2O3/c1-11(2)13(4)17-16(21)18(10-9-15(19)20)14-7-5-12(3)6-8-14/h5-8,11,13H,9-10H2,1-4H3,(H,17,21)(H,19,20). The normalized spacial score (nSPS) is 12.0. The van der Waals surface area contributed by atoms with Crippen LogP contribution in [0.3, 0.4) is 0 Å². The molecular formula is C16H24N2O3. The van der Waals surface area contributed by atoms with Gasteiger partial charge in [0.05, 0.1) is 6.42 Å². The number of carboxylic acid groups (broad SMARTS) is 1. The van der Waals surface area contributed by atoms with Crippen molar-refractivity contribution in [3.8, 4) is 0 Å². The number of nitrogens with zero attached hydrogens (tertiary/aromatic N) is 1. The molecule has 2 amide bonds. The number of rotatable bonds is 6. The topological polar surface area (TPSA) is 69.6 Å².